The summed E-state index contributed by atoms with van der Waals surface area (Å²) in [4.78, 5) is 11.6. The van der Waals surface area contributed by atoms with Crippen molar-refractivity contribution < 1.29 is 4.92 Å². The van der Waals surface area contributed by atoms with Gasteiger partial charge in [0.1, 0.15) is 0 Å². The molecule has 3 heteroatoms. The molecule has 0 amide bonds. The molecule has 2 aromatic rings. The molecule has 0 saturated heterocycles. The zero-order chi connectivity index (χ0) is 27.2. The molecule has 38 heavy (non-hydrogen) atoms. The molecule has 208 valence electrons. The number of unbranched alkanes of at least 4 members (excludes halogenated alkanes) is 14. The van der Waals surface area contributed by atoms with Gasteiger partial charge in [-0.15, -0.1) is 0 Å². The minimum absolute atomic E-state index is 0.139. The fourth-order valence-corrected chi connectivity index (χ4v) is 6.53. The summed E-state index contributed by atoms with van der Waals surface area (Å²) in [5, 5.41) is 11.8. The molecule has 0 heterocycles. The molecule has 0 spiro atoms. The highest BCUT2D eigenvalue weighted by molar-refractivity contribution is 5.83. The van der Waals surface area contributed by atoms with Crippen molar-refractivity contribution in [3.8, 4) is 11.1 Å². The van der Waals surface area contributed by atoms with Gasteiger partial charge in [-0.05, 0) is 46.7 Å². The van der Waals surface area contributed by atoms with Gasteiger partial charge in [-0.2, -0.15) is 0 Å². The molecule has 3 rings (SSSR count). The molecule has 0 radical (unpaired) electrons. The summed E-state index contributed by atoms with van der Waals surface area (Å²) in [6.45, 7) is 8.57. The van der Waals surface area contributed by atoms with E-state index in [4.69, 9.17) is 0 Å². The van der Waals surface area contributed by atoms with Crippen molar-refractivity contribution in [3.63, 3.8) is 0 Å². The average molecular weight is 518 g/mol. The lowest BCUT2D eigenvalue weighted by atomic mass is 9.70. The van der Waals surface area contributed by atoms with Crippen molar-refractivity contribution in [2.24, 2.45) is 0 Å². The van der Waals surface area contributed by atoms with Crippen LogP contribution in [0.3, 0.4) is 0 Å². The van der Waals surface area contributed by atoms with Crippen LogP contribution in [0.2, 0.25) is 0 Å². The third kappa shape index (κ3) is 7.80. The SMILES string of the molecule is C=Cc1ccc2c(c1)C(CCCCCCCCCC)(CCCCCCCCCC)c1cc([N+](=O)[O-])ccc1-2. The number of nitro groups is 1. The first-order chi connectivity index (χ1) is 18.6. The molecule has 2 aromatic carbocycles. The molecule has 0 unspecified atom stereocenters. The fraction of sp³-hybridized carbons (Fsp3) is 0.600. The van der Waals surface area contributed by atoms with Gasteiger partial charge in [0.05, 0.1) is 4.92 Å². The van der Waals surface area contributed by atoms with Crippen LogP contribution < -0.4 is 0 Å². The van der Waals surface area contributed by atoms with Crippen molar-refractivity contribution >= 4 is 11.8 Å². The van der Waals surface area contributed by atoms with Gasteiger partial charge in [-0.25, -0.2) is 0 Å². The van der Waals surface area contributed by atoms with Crippen molar-refractivity contribution in [3.05, 3.63) is 69.8 Å². The zero-order valence-electron chi connectivity index (χ0n) is 24.2. The molecule has 0 aliphatic heterocycles. The molecule has 0 N–H and O–H groups in total. The Morgan fingerprint density at radius 3 is 1.61 bits per heavy atom. The normalized spacial score (nSPS) is 13.3. The summed E-state index contributed by atoms with van der Waals surface area (Å²) in [6, 6.07) is 12.3. The number of nitro benzene ring substituents is 1. The highest BCUT2D eigenvalue weighted by Crippen LogP contribution is 2.55. The fourth-order valence-electron chi connectivity index (χ4n) is 6.53. The number of nitrogens with zero attached hydrogens (tertiary/aromatic N) is 1. The van der Waals surface area contributed by atoms with E-state index in [0.717, 1.165) is 18.4 Å². The molecule has 3 nitrogen and oxygen atoms in total. The van der Waals surface area contributed by atoms with Gasteiger partial charge in [-0.1, -0.05) is 147 Å². The number of hydrogen-bond donors (Lipinski definition) is 0. The lowest BCUT2D eigenvalue weighted by Crippen LogP contribution is -2.25. The van der Waals surface area contributed by atoms with Crippen LogP contribution in [-0.2, 0) is 5.41 Å². The van der Waals surface area contributed by atoms with Crippen molar-refractivity contribution in [2.45, 2.75) is 135 Å². The Morgan fingerprint density at radius 2 is 1.13 bits per heavy atom. The molecule has 0 atom stereocenters. The molecular weight excluding hydrogens is 466 g/mol. The van der Waals surface area contributed by atoms with Crippen LogP contribution in [-0.4, -0.2) is 4.92 Å². The largest absolute Gasteiger partial charge is 0.269 e. The van der Waals surface area contributed by atoms with E-state index in [1.807, 2.05) is 18.2 Å². The topological polar surface area (TPSA) is 43.1 Å². The minimum Gasteiger partial charge on any atom is -0.258 e. The van der Waals surface area contributed by atoms with Gasteiger partial charge in [-0.3, -0.25) is 10.1 Å². The summed E-state index contributed by atoms with van der Waals surface area (Å²) in [7, 11) is 0. The van der Waals surface area contributed by atoms with E-state index in [9.17, 15) is 10.1 Å². The van der Waals surface area contributed by atoms with Crippen LogP contribution in [0.1, 0.15) is 146 Å². The maximum absolute atomic E-state index is 11.8. The maximum Gasteiger partial charge on any atom is 0.269 e. The molecule has 0 fully saturated rings. The Balaban J connectivity index is 1.81. The smallest absolute Gasteiger partial charge is 0.258 e. The van der Waals surface area contributed by atoms with Crippen LogP contribution >= 0.6 is 0 Å². The second kappa shape index (κ2) is 15.9. The Bertz CT molecular complexity index is 1000. The third-order valence-electron chi connectivity index (χ3n) is 8.73. The van der Waals surface area contributed by atoms with Crippen LogP contribution in [0.15, 0.2) is 43.0 Å². The van der Waals surface area contributed by atoms with Crippen LogP contribution in [0.5, 0.6) is 0 Å². The Morgan fingerprint density at radius 1 is 0.684 bits per heavy atom. The van der Waals surface area contributed by atoms with Gasteiger partial charge < -0.3 is 0 Å². The monoisotopic (exact) mass is 517 g/mol. The number of non-ortho nitro benzene ring substituents is 1. The minimum atomic E-state index is -0.226. The van der Waals surface area contributed by atoms with Crippen molar-refractivity contribution in [1.29, 1.82) is 0 Å². The van der Waals surface area contributed by atoms with Crippen molar-refractivity contribution in [2.75, 3.05) is 0 Å². The van der Waals surface area contributed by atoms with E-state index in [2.05, 4.69) is 38.6 Å². The predicted octanol–water partition coefficient (Wildman–Crippen LogP) is 11.6. The lowest BCUT2D eigenvalue weighted by Gasteiger charge is -2.33. The number of rotatable bonds is 20. The van der Waals surface area contributed by atoms with Gasteiger partial charge in [0, 0.05) is 17.5 Å². The lowest BCUT2D eigenvalue weighted by molar-refractivity contribution is -0.384. The molecule has 0 saturated carbocycles. The number of fused-ring (bicyclic) bond motifs is 3. The van der Waals surface area contributed by atoms with E-state index in [0.29, 0.717) is 0 Å². The van der Waals surface area contributed by atoms with Crippen LogP contribution in [0.25, 0.3) is 17.2 Å². The Labute approximate surface area is 232 Å². The summed E-state index contributed by atoms with van der Waals surface area (Å²) < 4.78 is 0. The van der Waals surface area contributed by atoms with Crippen LogP contribution in [0.4, 0.5) is 5.69 Å². The summed E-state index contributed by atoms with van der Waals surface area (Å²) >= 11 is 0. The van der Waals surface area contributed by atoms with E-state index >= 15 is 0 Å². The van der Waals surface area contributed by atoms with E-state index in [1.165, 1.54) is 125 Å². The standard InChI is InChI=1S/C35H51NO2/c1-4-7-9-11-13-15-17-19-25-35(26-20-18-16-14-12-10-8-5-2)33-27-29(6-3)21-23-31(33)32-24-22-30(36(37)38)28-34(32)35/h6,21-24,27-28H,3-5,7-20,25-26H2,1-2H3. The highest BCUT2D eigenvalue weighted by Gasteiger charge is 2.43. The van der Waals surface area contributed by atoms with E-state index in [-0.39, 0.29) is 16.0 Å². The molecule has 0 bridgehead atoms. The molecule has 1 aliphatic rings. The maximum atomic E-state index is 11.8. The first-order valence-electron chi connectivity index (χ1n) is 15.6. The first-order valence-corrected chi connectivity index (χ1v) is 15.6. The predicted molar refractivity (Wildman–Crippen MR) is 164 cm³/mol. The van der Waals surface area contributed by atoms with Crippen molar-refractivity contribution in [1.82, 2.24) is 0 Å². The third-order valence-corrected chi connectivity index (χ3v) is 8.73. The highest BCUT2D eigenvalue weighted by atomic mass is 16.6. The summed E-state index contributed by atoms with van der Waals surface area (Å²) in [6.07, 6.45) is 24.8. The quantitative estimate of drug-likeness (QED) is 0.0995. The van der Waals surface area contributed by atoms with Gasteiger partial charge in [0.2, 0.25) is 0 Å². The number of benzene rings is 2. The molecule has 1 aliphatic carbocycles. The number of hydrogen-bond acceptors (Lipinski definition) is 2. The average Bonchev–Trinajstić information content (AvgIpc) is 3.20. The Hall–Kier alpha value is -2.42. The molecular formula is C35H51NO2. The summed E-state index contributed by atoms with van der Waals surface area (Å²) in [5.74, 6) is 0. The van der Waals surface area contributed by atoms with E-state index in [1.54, 1.807) is 6.07 Å². The second-order valence-corrected chi connectivity index (χ2v) is 11.5. The Kier molecular flexibility index (Phi) is 12.6. The van der Waals surface area contributed by atoms with E-state index < -0.39 is 0 Å². The first kappa shape index (κ1) is 30.1. The molecule has 0 aromatic heterocycles. The van der Waals surface area contributed by atoms with Gasteiger partial charge >= 0.3 is 0 Å². The van der Waals surface area contributed by atoms with Crippen LogP contribution in [0, 0.1) is 10.1 Å². The summed E-state index contributed by atoms with van der Waals surface area (Å²) in [5.41, 5.74) is 6.24. The van der Waals surface area contributed by atoms with Gasteiger partial charge in [0.15, 0.2) is 0 Å². The van der Waals surface area contributed by atoms with Gasteiger partial charge in [0.25, 0.3) is 5.69 Å². The zero-order valence-corrected chi connectivity index (χ0v) is 24.2. The second-order valence-electron chi connectivity index (χ2n) is 11.5.